The zero-order valence-electron chi connectivity index (χ0n) is 17.4. The molecule has 1 saturated heterocycles. The number of ether oxygens (including phenoxy) is 5. The fraction of sp³-hybridized carbons (Fsp3) is 0.652. The molecule has 1 spiro atoms. The Kier molecular flexibility index (Phi) is 6.77. The fourth-order valence-corrected chi connectivity index (χ4v) is 4.75. The van der Waals surface area contributed by atoms with Crippen molar-refractivity contribution >= 4 is 0 Å². The second kappa shape index (κ2) is 9.34. The van der Waals surface area contributed by atoms with Crippen LogP contribution < -0.4 is 4.74 Å². The van der Waals surface area contributed by atoms with Gasteiger partial charge < -0.3 is 33.9 Å². The first-order valence-electron chi connectivity index (χ1n) is 10.8. The molecule has 1 heterocycles. The molecule has 3 aliphatic rings. The largest absolute Gasteiger partial charge is 0.497 e. The van der Waals surface area contributed by atoms with Crippen molar-refractivity contribution in [3.63, 3.8) is 0 Å². The number of hydrogen-bond acceptors (Lipinski definition) is 7. The summed E-state index contributed by atoms with van der Waals surface area (Å²) < 4.78 is 29.9. The number of fused-ring (bicyclic) bond motifs is 1. The Morgan fingerprint density at radius 3 is 2.17 bits per heavy atom. The molecule has 6 atom stereocenters. The molecular formula is C23H32O7. The molecule has 4 rings (SSSR count). The van der Waals surface area contributed by atoms with Crippen molar-refractivity contribution in [2.24, 2.45) is 0 Å². The van der Waals surface area contributed by atoms with Crippen LogP contribution in [-0.2, 0) is 25.6 Å². The summed E-state index contributed by atoms with van der Waals surface area (Å²) in [5.74, 6) is 0.0791. The Morgan fingerprint density at radius 1 is 1.00 bits per heavy atom. The maximum absolute atomic E-state index is 10.9. The van der Waals surface area contributed by atoms with Crippen LogP contribution in [0.15, 0.2) is 36.9 Å². The third-order valence-corrected chi connectivity index (χ3v) is 6.32. The van der Waals surface area contributed by atoms with E-state index in [-0.39, 0.29) is 13.2 Å². The standard InChI is InChI=1S/C23H32O7/c1-3-13-27-19-17(24)18(25)20(28-14-15-7-9-16(26-2)10-8-15)22-21(19)29-23(30-22)11-5-4-6-12-23/h3,7-10,17-22,24-25H,1,4-6,11-14H2,2H3/t17-,18-,19-,20-,21+,22+/m0/s1. The summed E-state index contributed by atoms with van der Waals surface area (Å²) in [6.45, 7) is 4.20. The van der Waals surface area contributed by atoms with Gasteiger partial charge in [0.15, 0.2) is 5.79 Å². The van der Waals surface area contributed by atoms with Crippen LogP contribution in [0, 0.1) is 0 Å². The van der Waals surface area contributed by atoms with Gasteiger partial charge in [-0.1, -0.05) is 24.6 Å². The SMILES string of the molecule is C=CCO[C@H]1[C@@H](O)[C@H](O)[C@H](OCc2ccc(OC)cc2)[C@H]2OC3(CCCCC3)O[C@@H]21. The predicted molar refractivity (Wildman–Crippen MR) is 109 cm³/mol. The van der Waals surface area contributed by atoms with E-state index in [9.17, 15) is 10.2 Å². The second-order valence-electron chi connectivity index (χ2n) is 8.33. The van der Waals surface area contributed by atoms with Crippen molar-refractivity contribution in [3.05, 3.63) is 42.5 Å². The third-order valence-electron chi connectivity index (χ3n) is 6.32. The van der Waals surface area contributed by atoms with E-state index in [1.165, 1.54) is 0 Å². The number of aliphatic hydroxyl groups is 2. The second-order valence-corrected chi connectivity index (χ2v) is 8.33. The highest BCUT2D eigenvalue weighted by atomic mass is 16.8. The average Bonchev–Trinajstić information content (AvgIpc) is 3.12. The van der Waals surface area contributed by atoms with E-state index in [1.807, 2.05) is 24.3 Å². The summed E-state index contributed by atoms with van der Waals surface area (Å²) in [7, 11) is 1.62. The molecule has 2 saturated carbocycles. The predicted octanol–water partition coefficient (Wildman–Crippen LogP) is 2.33. The molecule has 1 aromatic rings. The van der Waals surface area contributed by atoms with Crippen LogP contribution >= 0.6 is 0 Å². The maximum Gasteiger partial charge on any atom is 0.169 e. The summed E-state index contributed by atoms with van der Waals surface area (Å²) in [4.78, 5) is 0. The average molecular weight is 421 g/mol. The van der Waals surface area contributed by atoms with E-state index >= 15 is 0 Å². The third kappa shape index (κ3) is 4.28. The number of hydrogen-bond donors (Lipinski definition) is 2. The molecule has 2 aliphatic carbocycles. The van der Waals surface area contributed by atoms with Crippen molar-refractivity contribution < 1.29 is 33.9 Å². The number of methoxy groups -OCH3 is 1. The van der Waals surface area contributed by atoms with Crippen molar-refractivity contribution in [2.45, 2.75) is 81.1 Å². The lowest BCUT2D eigenvalue weighted by molar-refractivity contribution is -0.219. The van der Waals surface area contributed by atoms with Gasteiger partial charge in [0, 0.05) is 12.8 Å². The zero-order chi connectivity index (χ0) is 21.1. The minimum atomic E-state index is -1.15. The van der Waals surface area contributed by atoms with Gasteiger partial charge >= 0.3 is 0 Å². The molecule has 0 unspecified atom stereocenters. The van der Waals surface area contributed by atoms with E-state index < -0.39 is 42.4 Å². The Labute approximate surface area is 177 Å². The van der Waals surface area contributed by atoms with Gasteiger partial charge in [0.25, 0.3) is 0 Å². The van der Waals surface area contributed by atoms with Crippen LogP contribution in [0.25, 0.3) is 0 Å². The molecule has 0 bridgehead atoms. The minimum Gasteiger partial charge on any atom is -0.497 e. The fourth-order valence-electron chi connectivity index (χ4n) is 4.75. The molecule has 30 heavy (non-hydrogen) atoms. The molecular weight excluding hydrogens is 388 g/mol. The zero-order valence-corrected chi connectivity index (χ0v) is 17.4. The first-order valence-corrected chi connectivity index (χ1v) is 10.8. The highest BCUT2D eigenvalue weighted by molar-refractivity contribution is 5.26. The van der Waals surface area contributed by atoms with E-state index in [4.69, 9.17) is 23.7 Å². The van der Waals surface area contributed by atoms with Crippen molar-refractivity contribution in [1.82, 2.24) is 0 Å². The van der Waals surface area contributed by atoms with Crippen LogP contribution in [0.2, 0.25) is 0 Å². The topological polar surface area (TPSA) is 86.6 Å². The Morgan fingerprint density at radius 2 is 1.60 bits per heavy atom. The summed E-state index contributed by atoms with van der Waals surface area (Å²) in [6, 6.07) is 7.54. The lowest BCUT2D eigenvalue weighted by Crippen LogP contribution is -2.64. The molecule has 0 radical (unpaired) electrons. The van der Waals surface area contributed by atoms with Gasteiger partial charge in [-0.05, 0) is 30.5 Å². The summed E-state index contributed by atoms with van der Waals surface area (Å²) >= 11 is 0. The van der Waals surface area contributed by atoms with Crippen molar-refractivity contribution in [3.8, 4) is 5.75 Å². The van der Waals surface area contributed by atoms with E-state index in [0.29, 0.717) is 0 Å². The van der Waals surface area contributed by atoms with Gasteiger partial charge in [-0.2, -0.15) is 0 Å². The van der Waals surface area contributed by atoms with E-state index in [2.05, 4.69) is 6.58 Å². The summed E-state index contributed by atoms with van der Waals surface area (Å²) in [6.07, 6.45) is 1.67. The van der Waals surface area contributed by atoms with Crippen LogP contribution in [0.3, 0.4) is 0 Å². The Hall–Kier alpha value is -1.48. The van der Waals surface area contributed by atoms with Gasteiger partial charge in [0.05, 0.1) is 20.3 Å². The number of benzene rings is 1. The van der Waals surface area contributed by atoms with Crippen LogP contribution in [0.5, 0.6) is 5.75 Å². The summed E-state index contributed by atoms with van der Waals surface area (Å²) in [5, 5.41) is 21.7. The van der Waals surface area contributed by atoms with Gasteiger partial charge in [-0.3, -0.25) is 0 Å². The van der Waals surface area contributed by atoms with Crippen molar-refractivity contribution in [1.29, 1.82) is 0 Å². The molecule has 1 aromatic carbocycles. The van der Waals surface area contributed by atoms with Crippen LogP contribution in [-0.4, -0.2) is 66.3 Å². The minimum absolute atomic E-state index is 0.255. The molecule has 166 valence electrons. The highest BCUT2D eigenvalue weighted by Crippen LogP contribution is 2.46. The lowest BCUT2D eigenvalue weighted by atomic mass is 9.84. The monoisotopic (exact) mass is 420 g/mol. The van der Waals surface area contributed by atoms with Gasteiger partial charge in [0.2, 0.25) is 0 Å². The first-order chi connectivity index (χ1) is 14.6. The molecule has 2 N–H and O–H groups in total. The molecule has 0 aromatic heterocycles. The van der Waals surface area contributed by atoms with Gasteiger partial charge in [0.1, 0.15) is 42.4 Å². The smallest absolute Gasteiger partial charge is 0.169 e. The maximum atomic E-state index is 10.9. The number of aliphatic hydroxyl groups excluding tert-OH is 2. The Balaban J connectivity index is 1.52. The molecule has 3 fully saturated rings. The first kappa shape index (κ1) is 21.7. The highest BCUT2D eigenvalue weighted by Gasteiger charge is 2.61. The van der Waals surface area contributed by atoms with Crippen LogP contribution in [0.1, 0.15) is 37.7 Å². The molecule has 1 aliphatic heterocycles. The molecule has 7 heteroatoms. The number of rotatable bonds is 7. The Bertz CT molecular complexity index is 700. The van der Waals surface area contributed by atoms with Gasteiger partial charge in [-0.15, -0.1) is 6.58 Å². The molecule has 0 amide bonds. The quantitative estimate of drug-likeness (QED) is 0.655. The van der Waals surface area contributed by atoms with Gasteiger partial charge in [-0.25, -0.2) is 0 Å². The van der Waals surface area contributed by atoms with E-state index in [1.54, 1.807) is 13.2 Å². The van der Waals surface area contributed by atoms with Crippen LogP contribution in [0.4, 0.5) is 0 Å². The van der Waals surface area contributed by atoms with Crippen molar-refractivity contribution in [2.75, 3.05) is 13.7 Å². The normalized spacial score (nSPS) is 35.2. The molecule has 7 nitrogen and oxygen atoms in total. The summed E-state index contributed by atoms with van der Waals surface area (Å²) in [5.41, 5.74) is 0.936. The lowest BCUT2D eigenvalue weighted by Gasteiger charge is -2.42. The van der Waals surface area contributed by atoms with E-state index in [0.717, 1.165) is 43.4 Å².